The molecule has 2 aromatic rings. The predicted molar refractivity (Wildman–Crippen MR) is 113 cm³/mol. The summed E-state index contributed by atoms with van der Waals surface area (Å²) in [7, 11) is 0. The standard InChI is InChI=1S/C25H32/c1-4-6-9-15-25(23-18-16-21(3)17-19-23)24(14-7-5-2)20-22-12-10-8-11-13-22/h8,10-13,15-20H,4-7,9,14H2,1-3H3/b24-20+,25-15+. The Morgan fingerprint density at radius 2 is 1.52 bits per heavy atom. The number of hydrogen-bond donors (Lipinski definition) is 0. The third-order valence-corrected chi connectivity index (χ3v) is 4.55. The Kier molecular flexibility index (Phi) is 8.25. The minimum absolute atomic E-state index is 1.14. The van der Waals surface area contributed by atoms with Gasteiger partial charge in [0.15, 0.2) is 0 Å². The van der Waals surface area contributed by atoms with Crippen LogP contribution in [0.5, 0.6) is 0 Å². The summed E-state index contributed by atoms with van der Waals surface area (Å²) in [6, 6.07) is 19.7. The minimum Gasteiger partial charge on any atom is -0.0764 e. The summed E-state index contributed by atoms with van der Waals surface area (Å²) < 4.78 is 0. The van der Waals surface area contributed by atoms with E-state index in [2.05, 4.69) is 87.5 Å². The zero-order valence-electron chi connectivity index (χ0n) is 16.1. The average molecular weight is 333 g/mol. The van der Waals surface area contributed by atoms with Crippen LogP contribution in [0.2, 0.25) is 0 Å². The van der Waals surface area contributed by atoms with E-state index in [9.17, 15) is 0 Å². The van der Waals surface area contributed by atoms with E-state index >= 15 is 0 Å². The first-order valence-corrected chi connectivity index (χ1v) is 9.77. The quantitative estimate of drug-likeness (QED) is 0.324. The fraction of sp³-hybridized carbons (Fsp3) is 0.360. The van der Waals surface area contributed by atoms with Crippen LogP contribution in [-0.2, 0) is 0 Å². The fourth-order valence-electron chi connectivity index (χ4n) is 3.02. The summed E-state index contributed by atoms with van der Waals surface area (Å²) in [6.45, 7) is 6.69. The Bertz CT molecular complexity index is 672. The number of unbranched alkanes of at least 4 members (excludes halogenated alkanes) is 3. The van der Waals surface area contributed by atoms with Gasteiger partial charge in [0.05, 0.1) is 0 Å². The summed E-state index contributed by atoms with van der Waals surface area (Å²) in [4.78, 5) is 0. The molecule has 0 aliphatic carbocycles. The average Bonchev–Trinajstić information content (AvgIpc) is 2.64. The number of aryl methyl sites for hydroxylation is 1. The smallest absolute Gasteiger partial charge is 0.0184 e. The SMILES string of the molecule is CCCC/C=C(/C(=C/c1ccccc1)CCCC)c1ccc(C)cc1. The van der Waals surface area contributed by atoms with Crippen molar-refractivity contribution in [2.24, 2.45) is 0 Å². The molecule has 0 aliphatic heterocycles. The number of allylic oxidation sites excluding steroid dienone is 3. The van der Waals surface area contributed by atoms with E-state index in [-0.39, 0.29) is 0 Å². The van der Waals surface area contributed by atoms with E-state index in [1.807, 2.05) is 0 Å². The maximum atomic E-state index is 2.46. The van der Waals surface area contributed by atoms with E-state index in [1.165, 1.54) is 53.5 Å². The van der Waals surface area contributed by atoms with E-state index < -0.39 is 0 Å². The van der Waals surface area contributed by atoms with Gasteiger partial charge in [-0.05, 0) is 48.5 Å². The molecule has 0 saturated carbocycles. The van der Waals surface area contributed by atoms with Gasteiger partial charge >= 0.3 is 0 Å². The molecule has 2 rings (SSSR count). The highest BCUT2D eigenvalue weighted by Gasteiger charge is 2.08. The highest BCUT2D eigenvalue weighted by molar-refractivity contribution is 5.84. The van der Waals surface area contributed by atoms with Crippen LogP contribution in [0.1, 0.15) is 69.1 Å². The van der Waals surface area contributed by atoms with Crippen molar-refractivity contribution in [2.45, 2.75) is 59.3 Å². The predicted octanol–water partition coefficient (Wildman–Crippen LogP) is 7.84. The Hall–Kier alpha value is -2.08. The summed E-state index contributed by atoms with van der Waals surface area (Å²) in [5, 5.41) is 0. The first-order valence-electron chi connectivity index (χ1n) is 9.77. The fourth-order valence-corrected chi connectivity index (χ4v) is 3.02. The zero-order valence-corrected chi connectivity index (χ0v) is 16.1. The Morgan fingerprint density at radius 1 is 0.840 bits per heavy atom. The molecule has 0 fully saturated rings. The summed E-state index contributed by atoms with van der Waals surface area (Å²) in [6.07, 6.45) is 12.1. The van der Waals surface area contributed by atoms with Gasteiger partial charge in [0.1, 0.15) is 0 Å². The van der Waals surface area contributed by atoms with Gasteiger partial charge in [-0.1, -0.05) is 105 Å². The van der Waals surface area contributed by atoms with Gasteiger partial charge in [-0.3, -0.25) is 0 Å². The molecule has 0 atom stereocenters. The molecule has 0 spiro atoms. The van der Waals surface area contributed by atoms with E-state index in [0.29, 0.717) is 0 Å². The maximum absolute atomic E-state index is 2.46. The van der Waals surface area contributed by atoms with Crippen LogP contribution >= 0.6 is 0 Å². The summed E-state index contributed by atoms with van der Waals surface area (Å²) in [5.41, 5.74) is 6.85. The van der Waals surface area contributed by atoms with Crippen molar-refractivity contribution in [1.82, 2.24) is 0 Å². The highest BCUT2D eigenvalue weighted by Crippen LogP contribution is 2.30. The molecule has 0 nitrogen and oxygen atoms in total. The summed E-state index contributed by atoms with van der Waals surface area (Å²) >= 11 is 0. The molecule has 0 bridgehead atoms. The number of rotatable bonds is 9. The lowest BCUT2D eigenvalue weighted by Crippen LogP contribution is -1.93. The lowest BCUT2D eigenvalue weighted by atomic mass is 9.91. The topological polar surface area (TPSA) is 0 Å². The second-order valence-electron chi connectivity index (χ2n) is 6.81. The van der Waals surface area contributed by atoms with Gasteiger partial charge < -0.3 is 0 Å². The van der Waals surface area contributed by atoms with Crippen molar-refractivity contribution in [3.63, 3.8) is 0 Å². The van der Waals surface area contributed by atoms with Crippen molar-refractivity contribution < 1.29 is 0 Å². The molecule has 0 heteroatoms. The number of benzene rings is 2. The molecule has 132 valence electrons. The number of hydrogen-bond acceptors (Lipinski definition) is 0. The van der Waals surface area contributed by atoms with Crippen molar-refractivity contribution in [3.05, 3.63) is 82.9 Å². The Morgan fingerprint density at radius 3 is 2.16 bits per heavy atom. The molecule has 0 aliphatic rings. The molecule has 0 unspecified atom stereocenters. The summed E-state index contributed by atoms with van der Waals surface area (Å²) in [5.74, 6) is 0. The van der Waals surface area contributed by atoms with E-state index in [1.54, 1.807) is 0 Å². The van der Waals surface area contributed by atoms with Crippen molar-refractivity contribution in [1.29, 1.82) is 0 Å². The largest absolute Gasteiger partial charge is 0.0764 e. The highest BCUT2D eigenvalue weighted by atomic mass is 14.1. The van der Waals surface area contributed by atoms with Crippen LogP contribution in [-0.4, -0.2) is 0 Å². The molecule has 0 amide bonds. The lowest BCUT2D eigenvalue weighted by molar-refractivity contribution is 0.798. The normalized spacial score (nSPS) is 12.4. The van der Waals surface area contributed by atoms with Crippen LogP contribution in [0.4, 0.5) is 0 Å². The molecule has 0 aromatic heterocycles. The Balaban J connectivity index is 2.42. The molecule has 25 heavy (non-hydrogen) atoms. The van der Waals surface area contributed by atoms with E-state index in [0.717, 1.165) is 12.8 Å². The first-order chi connectivity index (χ1) is 12.2. The van der Waals surface area contributed by atoms with Crippen molar-refractivity contribution >= 4 is 11.6 Å². The molecule has 0 saturated heterocycles. The maximum Gasteiger partial charge on any atom is -0.0184 e. The molecular weight excluding hydrogens is 300 g/mol. The molecule has 0 N–H and O–H groups in total. The van der Waals surface area contributed by atoms with Crippen molar-refractivity contribution in [3.8, 4) is 0 Å². The third kappa shape index (κ3) is 6.38. The minimum atomic E-state index is 1.14. The van der Waals surface area contributed by atoms with Crippen LogP contribution in [0.15, 0.2) is 66.2 Å². The van der Waals surface area contributed by atoms with Crippen LogP contribution in [0.25, 0.3) is 11.6 Å². The van der Waals surface area contributed by atoms with E-state index in [4.69, 9.17) is 0 Å². The molecule has 0 radical (unpaired) electrons. The lowest BCUT2D eigenvalue weighted by Gasteiger charge is -2.14. The zero-order chi connectivity index (χ0) is 17.9. The first kappa shape index (κ1) is 19.2. The third-order valence-electron chi connectivity index (χ3n) is 4.55. The Labute approximate surface area is 154 Å². The van der Waals surface area contributed by atoms with Crippen LogP contribution < -0.4 is 0 Å². The van der Waals surface area contributed by atoms with Gasteiger partial charge in [0.2, 0.25) is 0 Å². The van der Waals surface area contributed by atoms with Gasteiger partial charge in [0, 0.05) is 0 Å². The van der Waals surface area contributed by atoms with Gasteiger partial charge in [-0.25, -0.2) is 0 Å². The van der Waals surface area contributed by atoms with Gasteiger partial charge in [-0.15, -0.1) is 0 Å². The second-order valence-corrected chi connectivity index (χ2v) is 6.81. The second kappa shape index (κ2) is 10.7. The van der Waals surface area contributed by atoms with Gasteiger partial charge in [-0.2, -0.15) is 0 Å². The van der Waals surface area contributed by atoms with Gasteiger partial charge in [0.25, 0.3) is 0 Å². The molecular formula is C25H32. The molecule has 2 aromatic carbocycles. The van der Waals surface area contributed by atoms with Crippen molar-refractivity contribution in [2.75, 3.05) is 0 Å². The van der Waals surface area contributed by atoms with Crippen LogP contribution in [0.3, 0.4) is 0 Å². The molecule has 0 heterocycles. The van der Waals surface area contributed by atoms with Crippen LogP contribution in [0, 0.1) is 6.92 Å². The monoisotopic (exact) mass is 332 g/mol.